The molecule has 1 aromatic carbocycles. The van der Waals surface area contributed by atoms with E-state index in [0.29, 0.717) is 28.4 Å². The van der Waals surface area contributed by atoms with E-state index in [0.717, 1.165) is 11.8 Å². The van der Waals surface area contributed by atoms with Crippen LogP contribution in [0.5, 0.6) is 0 Å². The first-order valence-electron chi connectivity index (χ1n) is 9.01. The second-order valence-corrected chi connectivity index (χ2v) is 6.63. The molecule has 2 heterocycles. The predicted octanol–water partition coefficient (Wildman–Crippen LogP) is 3.74. The molecule has 0 saturated carbocycles. The minimum Gasteiger partial charge on any atom is -0.454 e. The monoisotopic (exact) mass is 409 g/mol. The first-order chi connectivity index (χ1) is 14.3. The van der Waals surface area contributed by atoms with E-state index in [-0.39, 0.29) is 11.5 Å². The molecule has 9 nitrogen and oxygen atoms in total. The number of ketones is 1. The molecule has 0 unspecified atom stereocenters. The zero-order valence-corrected chi connectivity index (χ0v) is 16.6. The number of nitro benzene ring substituents is 1. The Balaban J connectivity index is 1.65. The van der Waals surface area contributed by atoms with Crippen molar-refractivity contribution in [1.29, 1.82) is 0 Å². The highest BCUT2D eigenvalue weighted by molar-refractivity contribution is 6.00. The quantitative estimate of drug-likeness (QED) is 0.192. The van der Waals surface area contributed by atoms with E-state index in [4.69, 9.17) is 9.26 Å². The predicted molar refractivity (Wildman–Crippen MR) is 107 cm³/mol. The van der Waals surface area contributed by atoms with Crippen LogP contribution in [-0.2, 0) is 9.53 Å². The number of esters is 1. The van der Waals surface area contributed by atoms with Gasteiger partial charge in [0.25, 0.3) is 5.69 Å². The normalized spacial score (nSPS) is 11.0. The molecular formula is C21H19N3O6. The maximum Gasteiger partial charge on any atom is 0.331 e. The van der Waals surface area contributed by atoms with Crippen LogP contribution in [0, 0.1) is 30.9 Å². The Labute approximate surface area is 171 Å². The van der Waals surface area contributed by atoms with E-state index >= 15 is 0 Å². The highest BCUT2D eigenvalue weighted by Gasteiger charge is 2.19. The average molecular weight is 409 g/mol. The van der Waals surface area contributed by atoms with Crippen LogP contribution < -0.4 is 0 Å². The Hall–Kier alpha value is -4.01. The lowest BCUT2D eigenvalue weighted by atomic mass is 10.1. The molecular weight excluding hydrogens is 390 g/mol. The smallest absolute Gasteiger partial charge is 0.331 e. The third-order valence-electron chi connectivity index (χ3n) is 4.41. The van der Waals surface area contributed by atoms with Gasteiger partial charge in [-0.3, -0.25) is 19.5 Å². The summed E-state index contributed by atoms with van der Waals surface area (Å²) in [4.78, 5) is 34.7. The van der Waals surface area contributed by atoms with Gasteiger partial charge in [0.15, 0.2) is 12.4 Å². The second-order valence-electron chi connectivity index (χ2n) is 6.63. The van der Waals surface area contributed by atoms with Crippen molar-refractivity contribution in [3.05, 3.63) is 80.9 Å². The summed E-state index contributed by atoms with van der Waals surface area (Å²) in [6.45, 7) is 4.95. The maximum atomic E-state index is 12.5. The fourth-order valence-electron chi connectivity index (χ4n) is 3.03. The number of carbonyl (C=O) groups is 2. The highest BCUT2D eigenvalue weighted by Crippen LogP contribution is 2.21. The standard InChI is InChI=1S/C21H19N3O6/c1-13-9-18(15(3)23(13)20-10-14(2)30-22-20)19(25)12-29-21(26)8-7-16-5-4-6-17(11-16)24(27)28/h4-11H,12H2,1-3H3/b8-7+. The number of aromatic nitrogens is 2. The summed E-state index contributed by atoms with van der Waals surface area (Å²) in [5.74, 6) is 0.135. The van der Waals surface area contributed by atoms with Crippen molar-refractivity contribution < 1.29 is 23.8 Å². The van der Waals surface area contributed by atoms with Crippen LogP contribution in [-0.4, -0.2) is 33.0 Å². The Bertz CT molecular complexity index is 1160. The van der Waals surface area contributed by atoms with Crippen LogP contribution in [0.25, 0.3) is 11.9 Å². The Morgan fingerprint density at radius 2 is 2.00 bits per heavy atom. The van der Waals surface area contributed by atoms with E-state index in [1.54, 1.807) is 36.6 Å². The number of aryl methyl sites for hydroxylation is 2. The first kappa shape index (κ1) is 20.7. The molecule has 2 aromatic heterocycles. The van der Waals surface area contributed by atoms with Gasteiger partial charge in [-0.15, -0.1) is 0 Å². The number of nitro groups is 1. The lowest BCUT2D eigenvalue weighted by Crippen LogP contribution is -2.13. The van der Waals surface area contributed by atoms with Crippen LogP contribution in [0.15, 0.2) is 47.0 Å². The molecule has 0 spiro atoms. The topological polar surface area (TPSA) is 117 Å². The molecule has 0 aliphatic carbocycles. The van der Waals surface area contributed by atoms with Crippen LogP contribution in [0.4, 0.5) is 5.69 Å². The van der Waals surface area contributed by atoms with Crippen molar-refractivity contribution in [1.82, 2.24) is 9.72 Å². The fourth-order valence-corrected chi connectivity index (χ4v) is 3.03. The van der Waals surface area contributed by atoms with Crippen molar-refractivity contribution in [2.75, 3.05) is 6.61 Å². The van der Waals surface area contributed by atoms with Crippen LogP contribution in [0.1, 0.15) is 33.1 Å². The van der Waals surface area contributed by atoms with Crippen LogP contribution >= 0.6 is 0 Å². The third kappa shape index (κ3) is 4.52. The van der Waals surface area contributed by atoms with E-state index in [1.165, 1.54) is 24.3 Å². The Morgan fingerprint density at radius 3 is 2.67 bits per heavy atom. The number of non-ortho nitro benzene ring substituents is 1. The summed E-state index contributed by atoms with van der Waals surface area (Å²) in [5.41, 5.74) is 2.26. The zero-order chi connectivity index (χ0) is 21.8. The van der Waals surface area contributed by atoms with E-state index in [2.05, 4.69) is 5.16 Å². The van der Waals surface area contributed by atoms with Crippen molar-refractivity contribution in [2.24, 2.45) is 0 Å². The minimum absolute atomic E-state index is 0.0849. The van der Waals surface area contributed by atoms with Crippen molar-refractivity contribution in [3.63, 3.8) is 0 Å². The van der Waals surface area contributed by atoms with Gasteiger partial charge in [-0.05, 0) is 38.5 Å². The summed E-state index contributed by atoms with van der Waals surface area (Å²) in [5, 5.41) is 14.8. The van der Waals surface area contributed by atoms with E-state index in [1.807, 2.05) is 6.92 Å². The molecule has 30 heavy (non-hydrogen) atoms. The fraction of sp³-hybridized carbons (Fsp3) is 0.190. The summed E-state index contributed by atoms with van der Waals surface area (Å²) >= 11 is 0. The van der Waals surface area contributed by atoms with Crippen molar-refractivity contribution in [2.45, 2.75) is 20.8 Å². The number of Topliss-reactive ketones (excluding diaryl/α,β-unsaturated/α-hetero) is 1. The molecule has 0 atom stereocenters. The average Bonchev–Trinajstić information content (AvgIpc) is 3.26. The number of rotatable bonds is 7. The molecule has 0 N–H and O–H groups in total. The molecule has 0 saturated heterocycles. The number of nitrogens with zero attached hydrogens (tertiary/aromatic N) is 3. The van der Waals surface area contributed by atoms with Crippen molar-refractivity contribution in [3.8, 4) is 5.82 Å². The molecule has 3 aromatic rings. The maximum absolute atomic E-state index is 12.5. The summed E-state index contributed by atoms with van der Waals surface area (Å²) < 4.78 is 11.9. The van der Waals surface area contributed by atoms with Gasteiger partial charge in [0.05, 0.1) is 4.92 Å². The molecule has 9 heteroatoms. The van der Waals surface area contributed by atoms with Gasteiger partial charge in [0, 0.05) is 41.2 Å². The van der Waals surface area contributed by atoms with Gasteiger partial charge in [-0.2, -0.15) is 0 Å². The zero-order valence-electron chi connectivity index (χ0n) is 16.6. The molecule has 0 aliphatic heterocycles. The second kappa shape index (κ2) is 8.56. The van der Waals surface area contributed by atoms with Crippen LogP contribution in [0.3, 0.4) is 0 Å². The highest BCUT2D eigenvalue weighted by atomic mass is 16.6. The molecule has 0 bridgehead atoms. The number of ether oxygens (including phenoxy) is 1. The third-order valence-corrected chi connectivity index (χ3v) is 4.41. The van der Waals surface area contributed by atoms with Gasteiger partial charge in [0.1, 0.15) is 5.76 Å². The summed E-state index contributed by atoms with van der Waals surface area (Å²) in [7, 11) is 0. The lowest BCUT2D eigenvalue weighted by Gasteiger charge is -2.05. The number of carbonyl (C=O) groups excluding carboxylic acids is 2. The lowest BCUT2D eigenvalue weighted by molar-refractivity contribution is -0.384. The van der Waals surface area contributed by atoms with Gasteiger partial charge in [-0.1, -0.05) is 17.3 Å². The van der Waals surface area contributed by atoms with Crippen molar-refractivity contribution >= 4 is 23.5 Å². The van der Waals surface area contributed by atoms with Gasteiger partial charge in [0.2, 0.25) is 5.78 Å². The van der Waals surface area contributed by atoms with Gasteiger partial charge in [-0.25, -0.2) is 4.79 Å². The largest absolute Gasteiger partial charge is 0.454 e. The minimum atomic E-state index is -0.726. The summed E-state index contributed by atoms with van der Waals surface area (Å²) in [6.07, 6.45) is 2.51. The number of hydrogen-bond acceptors (Lipinski definition) is 7. The van der Waals surface area contributed by atoms with Gasteiger partial charge >= 0.3 is 5.97 Å². The number of hydrogen-bond donors (Lipinski definition) is 0. The molecule has 154 valence electrons. The SMILES string of the molecule is Cc1cc(-n2c(C)cc(C(=O)COC(=O)/C=C/c3cccc([N+](=O)[O-])c3)c2C)no1. The molecule has 0 radical (unpaired) electrons. The molecule has 0 amide bonds. The van der Waals surface area contributed by atoms with E-state index < -0.39 is 17.5 Å². The molecule has 3 rings (SSSR count). The Kier molecular flexibility index (Phi) is 5.91. The molecule has 0 fully saturated rings. The van der Waals surface area contributed by atoms with Gasteiger partial charge < -0.3 is 9.26 Å². The molecule has 0 aliphatic rings. The van der Waals surface area contributed by atoms with Crippen LogP contribution in [0.2, 0.25) is 0 Å². The van der Waals surface area contributed by atoms with E-state index in [9.17, 15) is 19.7 Å². The summed E-state index contributed by atoms with van der Waals surface area (Å²) in [6, 6.07) is 9.27. The Morgan fingerprint density at radius 1 is 1.23 bits per heavy atom. The number of benzene rings is 1. The first-order valence-corrected chi connectivity index (χ1v) is 9.01.